The molecule has 3 nitrogen and oxygen atoms in total. The number of allylic oxidation sites excluding steroid dienone is 1. The molecule has 2 rings (SSSR count). The van der Waals surface area contributed by atoms with E-state index in [2.05, 4.69) is 29.5 Å². The lowest BCUT2D eigenvalue weighted by Gasteiger charge is -2.22. The van der Waals surface area contributed by atoms with Gasteiger partial charge in [-0.1, -0.05) is 12.2 Å². The summed E-state index contributed by atoms with van der Waals surface area (Å²) in [4.78, 5) is 0. The van der Waals surface area contributed by atoms with Crippen LogP contribution in [0.3, 0.4) is 0 Å². The highest BCUT2D eigenvalue weighted by Crippen LogP contribution is 2.11. The molecule has 2 atom stereocenters. The minimum absolute atomic E-state index is 0.553. The molecule has 88 valence electrons. The van der Waals surface area contributed by atoms with Crippen LogP contribution in [0.2, 0.25) is 0 Å². The van der Waals surface area contributed by atoms with E-state index in [0.717, 1.165) is 13.0 Å². The molecule has 1 N–H and O–H groups in total. The molecule has 16 heavy (non-hydrogen) atoms. The van der Waals surface area contributed by atoms with Gasteiger partial charge in [-0.2, -0.15) is 5.10 Å². The first-order valence-corrected chi connectivity index (χ1v) is 6.25. The highest BCUT2D eigenvalue weighted by Gasteiger charge is 2.11. The lowest BCUT2D eigenvalue weighted by Crippen LogP contribution is -2.36. The summed E-state index contributed by atoms with van der Waals surface area (Å²) in [5.74, 6) is 0. The van der Waals surface area contributed by atoms with E-state index in [1.165, 1.54) is 19.3 Å². The maximum atomic E-state index is 4.21. The molecule has 0 radical (unpaired) electrons. The minimum Gasteiger partial charge on any atom is -0.308 e. The van der Waals surface area contributed by atoms with Crippen LogP contribution in [0.15, 0.2) is 30.6 Å². The molecule has 0 aromatic carbocycles. The van der Waals surface area contributed by atoms with Crippen LogP contribution in [-0.2, 0) is 6.54 Å². The molecule has 0 saturated heterocycles. The average Bonchev–Trinajstić information content (AvgIpc) is 2.81. The summed E-state index contributed by atoms with van der Waals surface area (Å²) < 4.78 is 1.99. The lowest BCUT2D eigenvalue weighted by molar-refractivity contribution is 0.412. The zero-order chi connectivity index (χ0) is 11.2. The summed E-state index contributed by atoms with van der Waals surface area (Å²) in [6, 6.07) is 3.11. The van der Waals surface area contributed by atoms with Crippen molar-refractivity contribution in [2.45, 2.75) is 51.2 Å². The van der Waals surface area contributed by atoms with Gasteiger partial charge in [0.2, 0.25) is 0 Å². The number of nitrogens with zero attached hydrogens (tertiary/aromatic N) is 2. The summed E-state index contributed by atoms with van der Waals surface area (Å²) in [5, 5.41) is 7.86. The van der Waals surface area contributed by atoms with Crippen molar-refractivity contribution in [2.24, 2.45) is 0 Å². The molecule has 1 aromatic rings. The van der Waals surface area contributed by atoms with Crippen LogP contribution in [-0.4, -0.2) is 21.9 Å². The molecule has 2 unspecified atom stereocenters. The first kappa shape index (κ1) is 11.4. The summed E-state index contributed by atoms with van der Waals surface area (Å²) in [6.07, 6.45) is 13.4. The molecule has 0 saturated carbocycles. The maximum Gasteiger partial charge on any atom is 0.0489 e. The Kier molecular flexibility index (Phi) is 4.17. The van der Waals surface area contributed by atoms with E-state index in [4.69, 9.17) is 0 Å². The summed E-state index contributed by atoms with van der Waals surface area (Å²) in [6.45, 7) is 3.25. The third-order valence-corrected chi connectivity index (χ3v) is 3.10. The van der Waals surface area contributed by atoms with Crippen LogP contribution in [0.5, 0.6) is 0 Å². The molecule has 1 heterocycles. The van der Waals surface area contributed by atoms with Crippen LogP contribution in [0.4, 0.5) is 0 Å². The number of aromatic nitrogens is 2. The molecule has 1 aliphatic rings. The van der Waals surface area contributed by atoms with E-state index in [9.17, 15) is 0 Å². The Bertz CT molecular complexity index is 316. The molecule has 0 spiro atoms. The zero-order valence-corrected chi connectivity index (χ0v) is 9.97. The lowest BCUT2D eigenvalue weighted by atomic mass is 10.0. The zero-order valence-electron chi connectivity index (χ0n) is 9.97. The Morgan fingerprint density at radius 1 is 1.56 bits per heavy atom. The van der Waals surface area contributed by atoms with E-state index in [1.807, 2.05) is 23.1 Å². The van der Waals surface area contributed by atoms with Gasteiger partial charge in [0.05, 0.1) is 0 Å². The van der Waals surface area contributed by atoms with Crippen molar-refractivity contribution in [2.75, 3.05) is 0 Å². The van der Waals surface area contributed by atoms with E-state index < -0.39 is 0 Å². The molecule has 0 amide bonds. The van der Waals surface area contributed by atoms with E-state index >= 15 is 0 Å². The van der Waals surface area contributed by atoms with Gasteiger partial charge in [-0.05, 0) is 38.7 Å². The molecule has 0 bridgehead atoms. The third-order valence-electron chi connectivity index (χ3n) is 3.10. The van der Waals surface area contributed by atoms with Crippen LogP contribution < -0.4 is 5.32 Å². The predicted octanol–water partition coefficient (Wildman–Crippen LogP) is 2.36. The number of rotatable bonds is 5. The van der Waals surface area contributed by atoms with Gasteiger partial charge in [-0.25, -0.2) is 0 Å². The summed E-state index contributed by atoms with van der Waals surface area (Å²) in [5.41, 5.74) is 0. The minimum atomic E-state index is 0.553. The van der Waals surface area contributed by atoms with Crippen LogP contribution in [0, 0.1) is 0 Å². The van der Waals surface area contributed by atoms with Gasteiger partial charge in [-0.3, -0.25) is 4.68 Å². The van der Waals surface area contributed by atoms with Gasteiger partial charge in [-0.15, -0.1) is 0 Å². The highest BCUT2D eigenvalue weighted by atomic mass is 15.3. The van der Waals surface area contributed by atoms with E-state index in [-0.39, 0.29) is 0 Å². The Labute approximate surface area is 97.5 Å². The predicted molar refractivity (Wildman–Crippen MR) is 66.2 cm³/mol. The van der Waals surface area contributed by atoms with Gasteiger partial charge in [0.15, 0.2) is 0 Å². The first-order chi connectivity index (χ1) is 7.84. The molecule has 0 aliphatic heterocycles. The Morgan fingerprint density at radius 2 is 2.50 bits per heavy atom. The molecule has 1 aromatic heterocycles. The van der Waals surface area contributed by atoms with Gasteiger partial charge >= 0.3 is 0 Å². The van der Waals surface area contributed by atoms with E-state index in [0.29, 0.717) is 12.1 Å². The van der Waals surface area contributed by atoms with Crippen molar-refractivity contribution in [3.63, 3.8) is 0 Å². The van der Waals surface area contributed by atoms with Crippen LogP contribution in [0.25, 0.3) is 0 Å². The van der Waals surface area contributed by atoms with Gasteiger partial charge in [0.25, 0.3) is 0 Å². The SMILES string of the molecule is CC(CCn1cccn1)NC1C=CCCC1. The summed E-state index contributed by atoms with van der Waals surface area (Å²) >= 11 is 0. The van der Waals surface area contributed by atoms with Gasteiger partial charge < -0.3 is 5.32 Å². The molecule has 0 fully saturated rings. The Balaban J connectivity index is 1.69. The Hall–Kier alpha value is -1.09. The van der Waals surface area contributed by atoms with Gasteiger partial charge in [0, 0.05) is 31.0 Å². The van der Waals surface area contributed by atoms with Crippen molar-refractivity contribution >= 4 is 0 Å². The fourth-order valence-corrected chi connectivity index (χ4v) is 2.16. The highest BCUT2D eigenvalue weighted by molar-refractivity contribution is 4.98. The van der Waals surface area contributed by atoms with Crippen molar-refractivity contribution in [3.8, 4) is 0 Å². The summed E-state index contributed by atoms with van der Waals surface area (Å²) in [7, 11) is 0. The van der Waals surface area contributed by atoms with E-state index in [1.54, 1.807) is 0 Å². The normalized spacial score (nSPS) is 22.2. The topological polar surface area (TPSA) is 29.9 Å². The molecular weight excluding hydrogens is 198 g/mol. The fourth-order valence-electron chi connectivity index (χ4n) is 2.16. The molecule has 1 aliphatic carbocycles. The molecular formula is C13H21N3. The largest absolute Gasteiger partial charge is 0.308 e. The first-order valence-electron chi connectivity index (χ1n) is 6.25. The standard InChI is InChI=1S/C13H21N3/c1-12(8-11-16-10-5-9-14-16)15-13-6-3-2-4-7-13/h3,5-6,9-10,12-13,15H,2,4,7-8,11H2,1H3. The quantitative estimate of drug-likeness (QED) is 0.770. The van der Waals surface area contributed by atoms with Crippen molar-refractivity contribution in [3.05, 3.63) is 30.6 Å². The Morgan fingerprint density at radius 3 is 3.19 bits per heavy atom. The smallest absolute Gasteiger partial charge is 0.0489 e. The maximum absolute atomic E-state index is 4.21. The van der Waals surface area contributed by atoms with Crippen molar-refractivity contribution in [1.29, 1.82) is 0 Å². The van der Waals surface area contributed by atoms with Gasteiger partial charge in [0.1, 0.15) is 0 Å². The average molecular weight is 219 g/mol. The second-order valence-corrected chi connectivity index (χ2v) is 4.59. The van der Waals surface area contributed by atoms with Crippen molar-refractivity contribution < 1.29 is 0 Å². The second kappa shape index (κ2) is 5.85. The second-order valence-electron chi connectivity index (χ2n) is 4.59. The van der Waals surface area contributed by atoms with Crippen LogP contribution in [0.1, 0.15) is 32.6 Å². The number of aryl methyl sites for hydroxylation is 1. The number of hydrogen-bond donors (Lipinski definition) is 1. The fraction of sp³-hybridized carbons (Fsp3) is 0.615. The van der Waals surface area contributed by atoms with Crippen molar-refractivity contribution in [1.82, 2.24) is 15.1 Å². The molecule has 3 heteroatoms. The monoisotopic (exact) mass is 219 g/mol. The number of nitrogens with one attached hydrogen (secondary N) is 1. The third kappa shape index (κ3) is 3.49. The number of hydrogen-bond acceptors (Lipinski definition) is 2. The van der Waals surface area contributed by atoms with Crippen LogP contribution >= 0.6 is 0 Å².